The van der Waals surface area contributed by atoms with Crippen LogP contribution in [0.5, 0.6) is 0 Å². The monoisotopic (exact) mass is 240 g/mol. The summed E-state index contributed by atoms with van der Waals surface area (Å²) in [6.45, 7) is 4.82. The predicted molar refractivity (Wildman–Crippen MR) is 59.5 cm³/mol. The highest BCUT2D eigenvalue weighted by molar-refractivity contribution is 5.91. The summed E-state index contributed by atoms with van der Waals surface area (Å²) in [5.74, 6) is -1.13. The van der Waals surface area contributed by atoms with Gasteiger partial charge in [-0.3, -0.25) is 4.68 Å². The third kappa shape index (κ3) is 3.58. The van der Waals surface area contributed by atoms with Crippen LogP contribution < -0.4 is 0 Å². The Hall–Kier alpha value is -1.85. The third-order valence-electron chi connectivity index (χ3n) is 2.14. The lowest BCUT2D eigenvalue weighted by Crippen LogP contribution is -2.19. The first kappa shape index (κ1) is 13.2. The van der Waals surface area contributed by atoms with Crippen LogP contribution in [0.2, 0.25) is 0 Å². The Kier molecular flexibility index (Phi) is 4.25. The van der Waals surface area contributed by atoms with Gasteiger partial charge in [-0.05, 0) is 20.8 Å². The van der Waals surface area contributed by atoms with Crippen LogP contribution in [0.4, 0.5) is 0 Å². The second kappa shape index (κ2) is 5.47. The van der Waals surface area contributed by atoms with Gasteiger partial charge in [0.25, 0.3) is 0 Å². The second-order valence-corrected chi connectivity index (χ2v) is 3.88. The highest BCUT2D eigenvalue weighted by Crippen LogP contribution is 2.07. The number of rotatable bonds is 4. The molecule has 0 saturated carbocycles. The standard InChI is InChI=1S/C11H16N2O4/c1-7(2)17-10(14)6-16-11(15)9-5-12-13(4)8(9)3/h5,7H,6H2,1-4H3. The van der Waals surface area contributed by atoms with Gasteiger partial charge < -0.3 is 9.47 Å². The zero-order chi connectivity index (χ0) is 13.0. The molecule has 0 radical (unpaired) electrons. The molecule has 6 heteroatoms. The molecule has 0 spiro atoms. The minimum Gasteiger partial charge on any atom is -0.460 e. The molecule has 0 bridgehead atoms. The predicted octanol–water partition coefficient (Wildman–Crippen LogP) is 0.837. The van der Waals surface area contributed by atoms with Crippen LogP contribution in [-0.2, 0) is 21.3 Å². The van der Waals surface area contributed by atoms with E-state index in [1.807, 2.05) is 0 Å². The van der Waals surface area contributed by atoms with Crippen LogP contribution in [0.25, 0.3) is 0 Å². The van der Waals surface area contributed by atoms with E-state index in [1.165, 1.54) is 6.20 Å². The lowest BCUT2D eigenvalue weighted by molar-refractivity contribution is -0.150. The summed E-state index contributed by atoms with van der Waals surface area (Å²) in [6, 6.07) is 0. The molecule has 0 fully saturated rings. The number of hydrogen-bond acceptors (Lipinski definition) is 5. The van der Waals surface area contributed by atoms with E-state index in [0.717, 1.165) is 0 Å². The molecule has 6 nitrogen and oxygen atoms in total. The van der Waals surface area contributed by atoms with Gasteiger partial charge in [0.2, 0.25) is 0 Å². The Balaban J connectivity index is 2.51. The molecule has 0 N–H and O–H groups in total. The SMILES string of the molecule is Cc1c(C(=O)OCC(=O)OC(C)C)cnn1C. The zero-order valence-corrected chi connectivity index (χ0v) is 10.4. The minimum atomic E-state index is -0.573. The fourth-order valence-electron chi connectivity index (χ4n) is 1.20. The van der Waals surface area contributed by atoms with Crippen molar-refractivity contribution in [1.82, 2.24) is 9.78 Å². The van der Waals surface area contributed by atoms with E-state index in [-0.39, 0.29) is 12.7 Å². The molecule has 17 heavy (non-hydrogen) atoms. The lowest BCUT2D eigenvalue weighted by Gasteiger charge is -2.08. The van der Waals surface area contributed by atoms with Crippen LogP contribution in [0.3, 0.4) is 0 Å². The molecule has 1 aromatic rings. The number of ether oxygens (including phenoxy) is 2. The molecular weight excluding hydrogens is 224 g/mol. The maximum Gasteiger partial charge on any atom is 0.344 e. The van der Waals surface area contributed by atoms with Crippen molar-refractivity contribution in [1.29, 1.82) is 0 Å². The lowest BCUT2D eigenvalue weighted by atomic mass is 10.3. The Morgan fingerprint density at radius 2 is 2.12 bits per heavy atom. The molecule has 1 rings (SSSR count). The Morgan fingerprint density at radius 1 is 1.47 bits per heavy atom. The van der Waals surface area contributed by atoms with E-state index >= 15 is 0 Å². The van der Waals surface area contributed by atoms with Crippen molar-refractivity contribution in [2.75, 3.05) is 6.61 Å². The van der Waals surface area contributed by atoms with E-state index in [0.29, 0.717) is 11.3 Å². The largest absolute Gasteiger partial charge is 0.460 e. The Bertz CT molecular complexity index is 423. The number of carbonyl (C=O) groups excluding carboxylic acids is 2. The molecule has 0 atom stereocenters. The van der Waals surface area contributed by atoms with Crippen molar-refractivity contribution in [3.8, 4) is 0 Å². The highest BCUT2D eigenvalue weighted by atomic mass is 16.6. The maximum atomic E-state index is 11.6. The number of hydrogen-bond donors (Lipinski definition) is 0. The van der Waals surface area contributed by atoms with Crippen molar-refractivity contribution in [3.05, 3.63) is 17.5 Å². The number of carbonyl (C=O) groups is 2. The average Bonchev–Trinajstić information content (AvgIpc) is 2.55. The summed E-state index contributed by atoms with van der Waals surface area (Å²) in [5, 5.41) is 3.91. The number of aryl methyl sites for hydroxylation is 1. The Morgan fingerprint density at radius 3 is 2.59 bits per heavy atom. The molecule has 1 aromatic heterocycles. The summed E-state index contributed by atoms with van der Waals surface area (Å²) in [7, 11) is 1.72. The van der Waals surface area contributed by atoms with E-state index in [4.69, 9.17) is 9.47 Å². The Labute approximate surface area is 99.5 Å². The van der Waals surface area contributed by atoms with E-state index in [2.05, 4.69) is 5.10 Å². The number of nitrogens with zero attached hydrogens (tertiary/aromatic N) is 2. The summed E-state index contributed by atoms with van der Waals surface area (Å²) in [6.07, 6.45) is 1.19. The molecule has 94 valence electrons. The first-order chi connectivity index (χ1) is 7.91. The first-order valence-electron chi connectivity index (χ1n) is 5.27. The van der Waals surface area contributed by atoms with Gasteiger partial charge in [0, 0.05) is 12.7 Å². The van der Waals surface area contributed by atoms with E-state index in [1.54, 1.807) is 32.5 Å². The normalized spacial score (nSPS) is 10.4. The van der Waals surface area contributed by atoms with Gasteiger partial charge >= 0.3 is 11.9 Å². The van der Waals surface area contributed by atoms with Crippen LogP contribution in [0.15, 0.2) is 6.20 Å². The van der Waals surface area contributed by atoms with Crippen LogP contribution in [0, 0.1) is 6.92 Å². The molecule has 0 unspecified atom stereocenters. The van der Waals surface area contributed by atoms with Crippen molar-refractivity contribution < 1.29 is 19.1 Å². The van der Waals surface area contributed by atoms with Gasteiger partial charge in [-0.1, -0.05) is 0 Å². The van der Waals surface area contributed by atoms with Crippen LogP contribution in [0.1, 0.15) is 29.9 Å². The van der Waals surface area contributed by atoms with Gasteiger partial charge in [0.15, 0.2) is 6.61 Å². The topological polar surface area (TPSA) is 70.4 Å². The molecule has 0 aromatic carbocycles. The van der Waals surface area contributed by atoms with Crippen molar-refractivity contribution in [2.24, 2.45) is 7.05 Å². The highest BCUT2D eigenvalue weighted by Gasteiger charge is 2.16. The van der Waals surface area contributed by atoms with Crippen molar-refractivity contribution in [2.45, 2.75) is 26.9 Å². The molecule has 0 aliphatic rings. The summed E-state index contributed by atoms with van der Waals surface area (Å²) in [4.78, 5) is 22.7. The minimum absolute atomic E-state index is 0.221. The molecule has 0 amide bonds. The fourth-order valence-corrected chi connectivity index (χ4v) is 1.20. The second-order valence-electron chi connectivity index (χ2n) is 3.88. The quantitative estimate of drug-likeness (QED) is 0.729. The smallest absolute Gasteiger partial charge is 0.344 e. The summed E-state index contributed by atoms with van der Waals surface area (Å²) < 4.78 is 11.2. The number of aromatic nitrogens is 2. The van der Waals surface area contributed by atoms with Gasteiger partial charge in [-0.15, -0.1) is 0 Å². The zero-order valence-electron chi connectivity index (χ0n) is 10.4. The third-order valence-corrected chi connectivity index (χ3v) is 2.14. The van der Waals surface area contributed by atoms with Crippen molar-refractivity contribution >= 4 is 11.9 Å². The first-order valence-corrected chi connectivity index (χ1v) is 5.27. The van der Waals surface area contributed by atoms with Gasteiger partial charge in [-0.25, -0.2) is 9.59 Å². The van der Waals surface area contributed by atoms with Gasteiger partial charge in [-0.2, -0.15) is 5.10 Å². The van der Waals surface area contributed by atoms with E-state index in [9.17, 15) is 9.59 Å². The fraction of sp³-hybridized carbons (Fsp3) is 0.545. The van der Waals surface area contributed by atoms with E-state index < -0.39 is 11.9 Å². The molecule has 0 saturated heterocycles. The van der Waals surface area contributed by atoms with Crippen LogP contribution in [-0.4, -0.2) is 34.4 Å². The molecule has 0 aliphatic carbocycles. The van der Waals surface area contributed by atoms with Crippen LogP contribution >= 0.6 is 0 Å². The van der Waals surface area contributed by atoms with Gasteiger partial charge in [0.05, 0.1) is 12.3 Å². The maximum absolute atomic E-state index is 11.6. The molecule has 1 heterocycles. The summed E-state index contributed by atoms with van der Waals surface area (Å²) in [5.41, 5.74) is 1.04. The molecular formula is C11H16N2O4. The van der Waals surface area contributed by atoms with Crippen molar-refractivity contribution in [3.63, 3.8) is 0 Å². The summed E-state index contributed by atoms with van der Waals surface area (Å²) >= 11 is 0. The van der Waals surface area contributed by atoms with Gasteiger partial charge in [0.1, 0.15) is 5.56 Å². The number of esters is 2. The molecule has 0 aliphatic heterocycles. The average molecular weight is 240 g/mol.